The van der Waals surface area contributed by atoms with Crippen molar-refractivity contribution in [1.82, 2.24) is 4.90 Å². The lowest BCUT2D eigenvalue weighted by Crippen LogP contribution is -2.37. The molecule has 0 spiro atoms. The molecule has 0 aliphatic carbocycles. The fourth-order valence-corrected chi connectivity index (χ4v) is 2.04. The van der Waals surface area contributed by atoms with Gasteiger partial charge < -0.3 is 10.0 Å². The number of aliphatic hydroxyl groups is 1. The molecule has 3 nitrogen and oxygen atoms in total. The lowest BCUT2D eigenvalue weighted by molar-refractivity contribution is -0.135. The van der Waals surface area contributed by atoms with Gasteiger partial charge in [-0.3, -0.25) is 4.79 Å². The van der Waals surface area contributed by atoms with Crippen LogP contribution in [0.4, 0.5) is 0 Å². The van der Waals surface area contributed by atoms with Crippen LogP contribution >= 0.6 is 0 Å². The van der Waals surface area contributed by atoms with Gasteiger partial charge in [-0.05, 0) is 25.2 Å². The Hall–Kier alpha value is -0.570. The normalized spacial score (nSPS) is 22.8. The molecule has 13 heavy (non-hydrogen) atoms. The molecule has 1 aliphatic heterocycles. The fraction of sp³-hybridized carbons (Fsp3) is 0.900. The second-order valence-corrected chi connectivity index (χ2v) is 4.17. The van der Waals surface area contributed by atoms with E-state index in [9.17, 15) is 4.79 Å². The number of hydrogen-bond donors (Lipinski definition) is 1. The van der Waals surface area contributed by atoms with E-state index >= 15 is 0 Å². The van der Waals surface area contributed by atoms with Crippen LogP contribution in [0.3, 0.4) is 0 Å². The summed E-state index contributed by atoms with van der Waals surface area (Å²) >= 11 is 0. The monoisotopic (exact) mass is 185 g/mol. The Morgan fingerprint density at radius 3 is 2.85 bits per heavy atom. The summed E-state index contributed by atoms with van der Waals surface area (Å²) in [6.45, 7) is 4.82. The molecule has 0 radical (unpaired) electrons. The van der Waals surface area contributed by atoms with Gasteiger partial charge in [-0.15, -0.1) is 0 Å². The molecule has 1 atom stereocenters. The van der Waals surface area contributed by atoms with E-state index in [1.807, 2.05) is 4.90 Å². The van der Waals surface area contributed by atoms with Gasteiger partial charge in [0.15, 0.2) is 0 Å². The lowest BCUT2D eigenvalue weighted by Gasteiger charge is -2.25. The van der Waals surface area contributed by atoms with Gasteiger partial charge >= 0.3 is 0 Å². The van der Waals surface area contributed by atoms with E-state index in [4.69, 9.17) is 5.11 Å². The fourth-order valence-electron chi connectivity index (χ4n) is 2.04. The minimum Gasteiger partial charge on any atom is -0.387 e. The third kappa shape index (κ3) is 2.69. The van der Waals surface area contributed by atoms with Crippen LogP contribution in [0.5, 0.6) is 0 Å². The molecule has 1 N–H and O–H groups in total. The highest BCUT2D eigenvalue weighted by Crippen LogP contribution is 2.23. The number of aliphatic hydroxyl groups excluding tert-OH is 1. The maximum atomic E-state index is 11.3. The Labute approximate surface area is 79.7 Å². The van der Waals surface area contributed by atoms with Crippen molar-refractivity contribution < 1.29 is 9.90 Å². The second-order valence-electron chi connectivity index (χ2n) is 4.17. The van der Waals surface area contributed by atoms with Crippen LogP contribution in [-0.2, 0) is 4.79 Å². The van der Waals surface area contributed by atoms with E-state index in [0.717, 1.165) is 25.8 Å². The molecule has 0 saturated carbocycles. The molecular formula is C10H19NO2. The van der Waals surface area contributed by atoms with E-state index < -0.39 is 0 Å². The third-order valence-electron chi connectivity index (χ3n) is 2.58. The van der Waals surface area contributed by atoms with Crippen molar-refractivity contribution >= 4 is 5.91 Å². The Morgan fingerprint density at radius 2 is 2.31 bits per heavy atom. The maximum Gasteiger partial charge on any atom is 0.248 e. The zero-order valence-electron chi connectivity index (χ0n) is 8.49. The van der Waals surface area contributed by atoms with Crippen molar-refractivity contribution in [3.8, 4) is 0 Å². The summed E-state index contributed by atoms with van der Waals surface area (Å²) in [6, 6.07) is 0.375. The molecule has 76 valence electrons. The average Bonchev–Trinajstić information content (AvgIpc) is 2.50. The SMILES string of the molecule is CC(C)C[C@@H]1CCCN1C(=O)CO. The van der Waals surface area contributed by atoms with Crippen LogP contribution in [0, 0.1) is 5.92 Å². The molecule has 1 fully saturated rings. The van der Waals surface area contributed by atoms with Crippen molar-refractivity contribution in [3.05, 3.63) is 0 Å². The first kappa shape index (κ1) is 10.5. The smallest absolute Gasteiger partial charge is 0.248 e. The van der Waals surface area contributed by atoms with E-state index in [1.54, 1.807) is 0 Å². The summed E-state index contributed by atoms with van der Waals surface area (Å²) in [5.74, 6) is 0.514. The third-order valence-corrected chi connectivity index (χ3v) is 2.58. The molecule has 3 heteroatoms. The van der Waals surface area contributed by atoms with Crippen LogP contribution in [0.2, 0.25) is 0 Å². The van der Waals surface area contributed by atoms with E-state index in [1.165, 1.54) is 0 Å². The quantitative estimate of drug-likeness (QED) is 0.713. The number of nitrogens with zero attached hydrogens (tertiary/aromatic N) is 1. The summed E-state index contributed by atoms with van der Waals surface area (Å²) in [6.07, 6.45) is 3.25. The van der Waals surface area contributed by atoms with Gasteiger partial charge in [-0.25, -0.2) is 0 Å². The summed E-state index contributed by atoms with van der Waals surface area (Å²) in [7, 11) is 0. The number of likely N-dealkylation sites (tertiary alicyclic amines) is 1. The molecule has 1 aliphatic rings. The van der Waals surface area contributed by atoms with Crippen LogP contribution in [0.15, 0.2) is 0 Å². The maximum absolute atomic E-state index is 11.3. The summed E-state index contributed by atoms with van der Waals surface area (Å²) in [5, 5.41) is 8.76. The number of hydrogen-bond acceptors (Lipinski definition) is 2. The number of amides is 1. The zero-order valence-corrected chi connectivity index (χ0v) is 8.49. The molecule has 0 unspecified atom stereocenters. The summed E-state index contributed by atoms with van der Waals surface area (Å²) in [4.78, 5) is 13.1. The Bertz CT molecular complexity index is 180. The number of carbonyl (C=O) groups is 1. The van der Waals surface area contributed by atoms with Gasteiger partial charge in [0.05, 0.1) is 0 Å². The van der Waals surface area contributed by atoms with Crippen LogP contribution in [-0.4, -0.2) is 35.1 Å². The summed E-state index contributed by atoms with van der Waals surface area (Å²) in [5.41, 5.74) is 0. The largest absolute Gasteiger partial charge is 0.387 e. The van der Waals surface area contributed by atoms with E-state index in [0.29, 0.717) is 12.0 Å². The van der Waals surface area contributed by atoms with Gasteiger partial charge in [0.2, 0.25) is 5.91 Å². The predicted octanol–water partition coefficient (Wildman–Crippen LogP) is 1.02. The molecule has 1 rings (SSSR count). The molecule has 0 aromatic heterocycles. The minimum absolute atomic E-state index is 0.108. The van der Waals surface area contributed by atoms with Crippen molar-refractivity contribution in [2.75, 3.05) is 13.2 Å². The first-order valence-corrected chi connectivity index (χ1v) is 5.05. The van der Waals surface area contributed by atoms with Gasteiger partial charge in [-0.2, -0.15) is 0 Å². The molecule has 0 aromatic carbocycles. The molecular weight excluding hydrogens is 166 g/mol. The van der Waals surface area contributed by atoms with Crippen molar-refractivity contribution in [1.29, 1.82) is 0 Å². The molecule has 0 aromatic rings. The molecule has 1 saturated heterocycles. The van der Waals surface area contributed by atoms with Crippen LogP contribution in [0.1, 0.15) is 33.1 Å². The van der Waals surface area contributed by atoms with Gasteiger partial charge in [0.25, 0.3) is 0 Å². The van der Waals surface area contributed by atoms with Crippen LogP contribution < -0.4 is 0 Å². The van der Waals surface area contributed by atoms with E-state index in [2.05, 4.69) is 13.8 Å². The topological polar surface area (TPSA) is 40.5 Å². The average molecular weight is 185 g/mol. The molecule has 0 bridgehead atoms. The Kier molecular flexibility index (Phi) is 3.72. The minimum atomic E-state index is -0.339. The highest BCUT2D eigenvalue weighted by Gasteiger charge is 2.28. The second kappa shape index (κ2) is 4.61. The van der Waals surface area contributed by atoms with Crippen LogP contribution in [0.25, 0.3) is 0 Å². The number of rotatable bonds is 3. The summed E-state index contributed by atoms with van der Waals surface area (Å²) < 4.78 is 0. The Morgan fingerprint density at radius 1 is 1.62 bits per heavy atom. The standard InChI is InChI=1S/C10H19NO2/c1-8(2)6-9-4-3-5-11(9)10(13)7-12/h8-9,12H,3-7H2,1-2H3/t9-/m0/s1. The van der Waals surface area contributed by atoms with Crippen molar-refractivity contribution in [2.45, 2.75) is 39.2 Å². The zero-order chi connectivity index (χ0) is 9.84. The Balaban J connectivity index is 2.48. The lowest BCUT2D eigenvalue weighted by atomic mass is 10.0. The highest BCUT2D eigenvalue weighted by atomic mass is 16.3. The van der Waals surface area contributed by atoms with Gasteiger partial charge in [-0.1, -0.05) is 13.8 Å². The van der Waals surface area contributed by atoms with Crippen molar-refractivity contribution in [2.24, 2.45) is 5.92 Å². The first-order valence-electron chi connectivity index (χ1n) is 5.05. The predicted molar refractivity (Wildman–Crippen MR) is 51.3 cm³/mol. The number of carbonyl (C=O) groups excluding carboxylic acids is 1. The van der Waals surface area contributed by atoms with Crippen molar-refractivity contribution in [3.63, 3.8) is 0 Å². The first-order chi connectivity index (χ1) is 6.15. The molecule has 1 heterocycles. The highest BCUT2D eigenvalue weighted by molar-refractivity contribution is 5.77. The molecule has 1 amide bonds. The van der Waals surface area contributed by atoms with Gasteiger partial charge in [0, 0.05) is 12.6 Å². The van der Waals surface area contributed by atoms with Gasteiger partial charge in [0.1, 0.15) is 6.61 Å². The van der Waals surface area contributed by atoms with E-state index in [-0.39, 0.29) is 12.5 Å².